The minimum absolute atomic E-state index is 0.164. The lowest BCUT2D eigenvalue weighted by atomic mass is 10.1. The fourth-order valence-corrected chi connectivity index (χ4v) is 4.70. The summed E-state index contributed by atoms with van der Waals surface area (Å²) in [5, 5.41) is 4.06. The molecule has 0 spiro atoms. The van der Waals surface area contributed by atoms with Crippen molar-refractivity contribution in [3.63, 3.8) is 0 Å². The molecule has 0 bridgehead atoms. The summed E-state index contributed by atoms with van der Waals surface area (Å²) in [4.78, 5) is 17.1. The molecule has 4 nitrogen and oxygen atoms in total. The molecule has 2 heterocycles. The van der Waals surface area contributed by atoms with Crippen molar-refractivity contribution in [3.8, 4) is 11.3 Å². The van der Waals surface area contributed by atoms with Crippen LogP contribution < -0.4 is 9.62 Å². The number of benzene rings is 2. The Balaban J connectivity index is 1.48. The normalized spacial score (nSPS) is 14.3. The molecular formula is C23H21Cl2N3OS. The molecule has 1 amide bonds. The van der Waals surface area contributed by atoms with Crippen LogP contribution in [0.5, 0.6) is 0 Å². The number of nitrogens with one attached hydrogen (secondary N) is 1. The summed E-state index contributed by atoms with van der Waals surface area (Å²) < 4.78 is 2.32. The number of carbonyl (C=O) groups excluding carboxylic acids is 1. The Morgan fingerprint density at radius 2 is 1.83 bits per heavy atom. The average Bonchev–Trinajstić information content (AvgIpc) is 3.05. The molecule has 1 aromatic heterocycles. The first-order valence-electron chi connectivity index (χ1n) is 9.83. The number of pyridine rings is 1. The van der Waals surface area contributed by atoms with Gasteiger partial charge in [0.1, 0.15) is 0 Å². The molecule has 0 radical (unpaired) electrons. The standard InChI is InChI=1S/C23H21Cl2N3OS/c24-17-6-11-22(26-15-17)20-14-18(7-10-21(20)25)27-23(29)16-4-8-19(9-5-16)28-12-2-1-3-13-30-28/h4-11,14-15H,1-3,12-13H2,(H,27,29). The highest BCUT2D eigenvalue weighted by atomic mass is 35.5. The second-order valence-corrected chi connectivity index (χ2v) is 9.00. The number of anilines is 2. The number of halogens is 2. The number of hydrogen-bond acceptors (Lipinski definition) is 4. The Hall–Kier alpha value is -2.21. The van der Waals surface area contributed by atoms with Gasteiger partial charge >= 0.3 is 0 Å². The summed E-state index contributed by atoms with van der Waals surface area (Å²) in [6, 6.07) is 16.7. The molecule has 0 unspecified atom stereocenters. The number of amides is 1. The van der Waals surface area contributed by atoms with Crippen LogP contribution in [-0.2, 0) is 0 Å². The van der Waals surface area contributed by atoms with E-state index >= 15 is 0 Å². The van der Waals surface area contributed by atoms with Crippen LogP contribution in [0.25, 0.3) is 11.3 Å². The van der Waals surface area contributed by atoms with Gasteiger partial charge < -0.3 is 9.62 Å². The zero-order chi connectivity index (χ0) is 20.9. The van der Waals surface area contributed by atoms with Crippen LogP contribution in [0.3, 0.4) is 0 Å². The number of aromatic nitrogens is 1. The molecule has 1 aliphatic rings. The van der Waals surface area contributed by atoms with Crippen LogP contribution in [-0.4, -0.2) is 23.2 Å². The molecule has 0 atom stereocenters. The number of hydrogen-bond donors (Lipinski definition) is 1. The fourth-order valence-electron chi connectivity index (χ4n) is 3.29. The van der Waals surface area contributed by atoms with Gasteiger partial charge in [-0.1, -0.05) is 29.6 Å². The van der Waals surface area contributed by atoms with Gasteiger partial charge in [-0.3, -0.25) is 9.78 Å². The van der Waals surface area contributed by atoms with Crippen LogP contribution >= 0.6 is 35.1 Å². The summed E-state index contributed by atoms with van der Waals surface area (Å²) in [6.45, 7) is 1.04. The zero-order valence-corrected chi connectivity index (χ0v) is 18.6. The van der Waals surface area contributed by atoms with Gasteiger partial charge in [0.25, 0.3) is 5.91 Å². The summed E-state index contributed by atoms with van der Waals surface area (Å²) >= 11 is 14.1. The number of carbonyl (C=O) groups is 1. The van der Waals surface area contributed by atoms with Gasteiger partial charge in [0.2, 0.25) is 0 Å². The monoisotopic (exact) mass is 457 g/mol. The molecule has 2 aromatic carbocycles. The highest BCUT2D eigenvalue weighted by molar-refractivity contribution is 8.00. The Kier molecular flexibility index (Phi) is 6.82. The van der Waals surface area contributed by atoms with Crippen LogP contribution in [0, 0.1) is 0 Å². The molecule has 0 aliphatic carbocycles. The second kappa shape index (κ2) is 9.73. The van der Waals surface area contributed by atoms with Crippen LogP contribution in [0.2, 0.25) is 10.0 Å². The van der Waals surface area contributed by atoms with Crippen molar-refractivity contribution in [2.45, 2.75) is 19.3 Å². The van der Waals surface area contributed by atoms with Gasteiger partial charge in [-0.25, -0.2) is 0 Å². The third kappa shape index (κ3) is 5.09. The van der Waals surface area contributed by atoms with E-state index in [9.17, 15) is 4.79 Å². The molecule has 154 valence electrons. The van der Waals surface area contributed by atoms with E-state index in [1.807, 2.05) is 42.3 Å². The summed E-state index contributed by atoms with van der Waals surface area (Å²) in [5.41, 5.74) is 3.84. The molecule has 1 fully saturated rings. The van der Waals surface area contributed by atoms with Gasteiger partial charge in [-0.15, -0.1) is 0 Å². The van der Waals surface area contributed by atoms with E-state index in [-0.39, 0.29) is 5.91 Å². The molecule has 1 N–H and O–H groups in total. The Bertz CT molecular complexity index is 1020. The molecule has 3 aromatic rings. The van der Waals surface area contributed by atoms with E-state index < -0.39 is 0 Å². The van der Waals surface area contributed by atoms with Crippen molar-refractivity contribution in [3.05, 3.63) is 76.4 Å². The van der Waals surface area contributed by atoms with E-state index in [1.165, 1.54) is 19.3 Å². The van der Waals surface area contributed by atoms with Crippen LogP contribution in [0.1, 0.15) is 29.6 Å². The van der Waals surface area contributed by atoms with Crippen molar-refractivity contribution in [1.82, 2.24) is 4.98 Å². The number of rotatable bonds is 4. The third-order valence-corrected chi connectivity index (χ3v) is 6.63. The first-order chi connectivity index (χ1) is 14.6. The highest BCUT2D eigenvalue weighted by Crippen LogP contribution is 2.30. The molecule has 4 rings (SSSR count). The van der Waals surface area contributed by atoms with Crippen molar-refractivity contribution in [1.29, 1.82) is 0 Å². The van der Waals surface area contributed by atoms with Gasteiger partial charge in [0, 0.05) is 41.0 Å². The lowest BCUT2D eigenvalue weighted by Crippen LogP contribution is -2.15. The summed E-state index contributed by atoms with van der Waals surface area (Å²) in [5.74, 6) is 0.978. The first kappa shape index (κ1) is 21.0. The Morgan fingerprint density at radius 1 is 1.00 bits per heavy atom. The molecule has 1 saturated heterocycles. The van der Waals surface area contributed by atoms with E-state index in [0.717, 1.165) is 23.5 Å². The fraction of sp³-hybridized carbons (Fsp3) is 0.217. The van der Waals surface area contributed by atoms with E-state index in [0.29, 0.717) is 27.0 Å². The highest BCUT2D eigenvalue weighted by Gasteiger charge is 2.13. The lowest BCUT2D eigenvalue weighted by molar-refractivity contribution is 0.102. The van der Waals surface area contributed by atoms with E-state index in [2.05, 4.69) is 14.6 Å². The molecule has 0 saturated carbocycles. The van der Waals surface area contributed by atoms with E-state index in [1.54, 1.807) is 30.5 Å². The molecular weight excluding hydrogens is 437 g/mol. The molecule has 7 heteroatoms. The lowest BCUT2D eigenvalue weighted by Gasteiger charge is -2.21. The quantitative estimate of drug-likeness (QED) is 0.430. The predicted molar refractivity (Wildman–Crippen MR) is 128 cm³/mol. The minimum Gasteiger partial charge on any atom is -0.322 e. The Labute approximate surface area is 190 Å². The topological polar surface area (TPSA) is 45.2 Å². The summed E-state index contributed by atoms with van der Waals surface area (Å²) in [7, 11) is 0. The zero-order valence-electron chi connectivity index (χ0n) is 16.3. The SMILES string of the molecule is O=C(Nc1ccc(Cl)c(-c2ccc(Cl)cn2)c1)c1ccc(N2CCCCCS2)cc1. The van der Waals surface area contributed by atoms with Crippen LogP contribution in [0.4, 0.5) is 11.4 Å². The number of nitrogens with zero attached hydrogens (tertiary/aromatic N) is 2. The van der Waals surface area contributed by atoms with Crippen molar-refractivity contribution < 1.29 is 4.79 Å². The largest absolute Gasteiger partial charge is 0.322 e. The van der Waals surface area contributed by atoms with Crippen LogP contribution in [0.15, 0.2) is 60.8 Å². The van der Waals surface area contributed by atoms with E-state index in [4.69, 9.17) is 23.2 Å². The van der Waals surface area contributed by atoms with Crippen molar-refractivity contribution >= 4 is 52.4 Å². The summed E-state index contributed by atoms with van der Waals surface area (Å²) in [6.07, 6.45) is 5.31. The van der Waals surface area contributed by atoms with Gasteiger partial charge in [0.15, 0.2) is 0 Å². The predicted octanol–water partition coefficient (Wildman–Crippen LogP) is 6.95. The molecule has 1 aliphatic heterocycles. The third-order valence-electron chi connectivity index (χ3n) is 4.90. The van der Waals surface area contributed by atoms with Gasteiger partial charge in [-0.2, -0.15) is 0 Å². The average molecular weight is 458 g/mol. The maximum atomic E-state index is 12.7. The van der Waals surface area contributed by atoms with Gasteiger partial charge in [0.05, 0.1) is 15.7 Å². The maximum Gasteiger partial charge on any atom is 0.255 e. The molecule has 30 heavy (non-hydrogen) atoms. The smallest absolute Gasteiger partial charge is 0.255 e. The first-order valence-corrected chi connectivity index (χ1v) is 11.5. The Morgan fingerprint density at radius 3 is 2.60 bits per heavy atom. The second-order valence-electron chi connectivity index (χ2n) is 7.05. The van der Waals surface area contributed by atoms with Gasteiger partial charge in [-0.05, 0) is 79.4 Å². The van der Waals surface area contributed by atoms with Crippen molar-refractivity contribution in [2.75, 3.05) is 21.9 Å². The minimum atomic E-state index is -0.164. The van der Waals surface area contributed by atoms with Crippen molar-refractivity contribution in [2.24, 2.45) is 0 Å². The maximum absolute atomic E-state index is 12.7.